The smallest absolute Gasteiger partial charge is 0.220 e. The maximum atomic E-state index is 11.5. The Morgan fingerprint density at radius 1 is 0.947 bits per heavy atom. The molecule has 0 fully saturated rings. The first-order valence-corrected chi connectivity index (χ1v) is 9.41. The molecule has 6 heteroatoms. The van der Waals surface area contributed by atoms with Crippen molar-refractivity contribution in [1.29, 1.82) is 0 Å². The van der Waals surface area contributed by atoms with E-state index in [0.29, 0.717) is 12.8 Å². The third kappa shape index (κ3) is 13.9. The van der Waals surface area contributed by atoms with Gasteiger partial charge in [0.2, 0.25) is 11.8 Å². The Kier molecular flexibility index (Phi) is 13.8. The number of hydrogen-bond acceptors (Lipinski definition) is 4. The topological polar surface area (TPSA) is 58.2 Å². The number of hydrogen-bond donors (Lipinski definition) is 2. The number of rotatable bonds is 12. The van der Waals surface area contributed by atoms with Crippen LogP contribution >= 0.6 is 21.6 Å². The zero-order valence-corrected chi connectivity index (χ0v) is 13.6. The van der Waals surface area contributed by atoms with E-state index in [1.54, 1.807) is 28.6 Å². The van der Waals surface area contributed by atoms with Crippen molar-refractivity contribution in [1.82, 2.24) is 10.6 Å². The molecule has 0 bridgehead atoms. The molecule has 0 saturated carbocycles. The first-order chi connectivity index (χ1) is 9.20. The van der Waals surface area contributed by atoms with Crippen molar-refractivity contribution in [3.8, 4) is 0 Å². The molecule has 2 amide bonds. The summed E-state index contributed by atoms with van der Waals surface area (Å²) in [6.07, 6.45) is 5.84. The van der Waals surface area contributed by atoms with Crippen LogP contribution in [0.15, 0.2) is 0 Å². The molecular formula is C13H26N2O2S2. The summed E-state index contributed by atoms with van der Waals surface area (Å²) in [5.41, 5.74) is 0. The molecule has 0 aromatic heterocycles. The van der Waals surface area contributed by atoms with E-state index >= 15 is 0 Å². The molecule has 0 rings (SSSR count). The Labute approximate surface area is 124 Å². The average molecular weight is 306 g/mol. The molecule has 0 aliphatic heterocycles. The zero-order chi connectivity index (χ0) is 14.3. The number of amides is 2. The number of carbonyl (C=O) groups excluding carboxylic acids is 2. The van der Waals surface area contributed by atoms with E-state index in [2.05, 4.69) is 17.6 Å². The first-order valence-electron chi connectivity index (χ1n) is 6.92. The van der Waals surface area contributed by atoms with Crippen LogP contribution in [0.3, 0.4) is 0 Å². The highest BCUT2D eigenvalue weighted by atomic mass is 33.1. The van der Waals surface area contributed by atoms with Gasteiger partial charge < -0.3 is 10.6 Å². The van der Waals surface area contributed by atoms with Gasteiger partial charge in [-0.2, -0.15) is 0 Å². The molecule has 2 N–H and O–H groups in total. The normalized spacial score (nSPS) is 10.2. The Morgan fingerprint density at radius 3 is 2.16 bits per heavy atom. The highest BCUT2D eigenvalue weighted by Gasteiger charge is 2.02. The van der Waals surface area contributed by atoms with Crippen molar-refractivity contribution in [2.75, 3.05) is 25.1 Å². The molecule has 0 spiro atoms. The largest absolute Gasteiger partial charge is 0.359 e. The molecule has 0 atom stereocenters. The predicted molar refractivity (Wildman–Crippen MR) is 85.4 cm³/mol. The molecule has 0 aliphatic carbocycles. The highest BCUT2D eigenvalue weighted by Crippen LogP contribution is 2.22. The summed E-state index contributed by atoms with van der Waals surface area (Å²) in [6.45, 7) is 2.98. The van der Waals surface area contributed by atoms with Crippen molar-refractivity contribution < 1.29 is 9.59 Å². The van der Waals surface area contributed by atoms with Gasteiger partial charge >= 0.3 is 0 Å². The first kappa shape index (κ1) is 18.6. The standard InChI is InChI=1S/C13H26N2O2S2/c1-3-4-5-6-9-15-13(17)8-11-19-18-10-7-12(16)14-2/h3-11H2,1-2H3,(H,14,16)(H,15,17). The van der Waals surface area contributed by atoms with Crippen molar-refractivity contribution in [3.63, 3.8) is 0 Å². The van der Waals surface area contributed by atoms with Gasteiger partial charge in [0, 0.05) is 37.9 Å². The van der Waals surface area contributed by atoms with Crippen LogP contribution in [-0.4, -0.2) is 36.9 Å². The lowest BCUT2D eigenvalue weighted by atomic mass is 10.2. The lowest BCUT2D eigenvalue weighted by molar-refractivity contribution is -0.121. The van der Waals surface area contributed by atoms with Crippen LogP contribution in [0, 0.1) is 0 Å². The summed E-state index contributed by atoms with van der Waals surface area (Å²) in [5.74, 6) is 1.80. The van der Waals surface area contributed by atoms with Gasteiger partial charge in [-0.3, -0.25) is 9.59 Å². The van der Waals surface area contributed by atoms with Gasteiger partial charge in [0.1, 0.15) is 0 Å². The average Bonchev–Trinajstić information content (AvgIpc) is 2.42. The van der Waals surface area contributed by atoms with E-state index in [1.807, 2.05) is 0 Å². The quantitative estimate of drug-likeness (QED) is 0.430. The number of nitrogens with one attached hydrogen (secondary N) is 2. The van der Waals surface area contributed by atoms with Crippen LogP contribution in [0.1, 0.15) is 45.4 Å². The maximum absolute atomic E-state index is 11.5. The molecule has 4 nitrogen and oxygen atoms in total. The highest BCUT2D eigenvalue weighted by molar-refractivity contribution is 8.76. The lowest BCUT2D eigenvalue weighted by Gasteiger charge is -2.04. The maximum Gasteiger partial charge on any atom is 0.220 e. The van der Waals surface area contributed by atoms with E-state index in [9.17, 15) is 9.59 Å². The number of unbranched alkanes of at least 4 members (excludes halogenated alkanes) is 3. The van der Waals surface area contributed by atoms with Crippen molar-refractivity contribution in [3.05, 3.63) is 0 Å². The van der Waals surface area contributed by atoms with Crippen molar-refractivity contribution in [2.45, 2.75) is 45.4 Å². The summed E-state index contributed by atoms with van der Waals surface area (Å²) in [4.78, 5) is 22.4. The minimum Gasteiger partial charge on any atom is -0.359 e. The SMILES string of the molecule is CCCCCCNC(=O)CCSSCCC(=O)NC. The van der Waals surface area contributed by atoms with Gasteiger partial charge in [0.15, 0.2) is 0 Å². The van der Waals surface area contributed by atoms with E-state index in [0.717, 1.165) is 24.5 Å². The second-order valence-electron chi connectivity index (χ2n) is 4.23. The lowest BCUT2D eigenvalue weighted by Crippen LogP contribution is -2.24. The Morgan fingerprint density at radius 2 is 1.58 bits per heavy atom. The summed E-state index contributed by atoms with van der Waals surface area (Å²) < 4.78 is 0. The minimum atomic E-state index is 0.0675. The number of carbonyl (C=O) groups is 2. The molecule has 112 valence electrons. The van der Waals surface area contributed by atoms with E-state index < -0.39 is 0 Å². The summed E-state index contributed by atoms with van der Waals surface area (Å²) in [5, 5.41) is 5.52. The Bertz CT molecular complexity index is 251. The van der Waals surface area contributed by atoms with Crippen LogP contribution in [0.2, 0.25) is 0 Å². The third-order valence-corrected chi connectivity index (χ3v) is 4.95. The fourth-order valence-corrected chi connectivity index (χ4v) is 3.36. The van der Waals surface area contributed by atoms with Gasteiger partial charge in [0.25, 0.3) is 0 Å². The molecule has 19 heavy (non-hydrogen) atoms. The molecule has 0 aromatic carbocycles. The monoisotopic (exact) mass is 306 g/mol. The van der Waals surface area contributed by atoms with Gasteiger partial charge in [-0.1, -0.05) is 47.8 Å². The Hall–Kier alpha value is -0.360. The van der Waals surface area contributed by atoms with Crippen LogP contribution in [0.5, 0.6) is 0 Å². The fraction of sp³-hybridized carbons (Fsp3) is 0.846. The second-order valence-corrected chi connectivity index (χ2v) is 6.93. The second kappa shape index (κ2) is 14.1. The fourth-order valence-electron chi connectivity index (χ4n) is 1.38. The molecule has 0 unspecified atom stereocenters. The van der Waals surface area contributed by atoms with Crippen molar-refractivity contribution >= 4 is 33.4 Å². The van der Waals surface area contributed by atoms with Crippen molar-refractivity contribution in [2.24, 2.45) is 0 Å². The van der Waals surface area contributed by atoms with Gasteiger partial charge in [-0.15, -0.1) is 0 Å². The van der Waals surface area contributed by atoms with Gasteiger partial charge in [-0.25, -0.2) is 0 Å². The van der Waals surface area contributed by atoms with E-state index in [-0.39, 0.29) is 11.8 Å². The minimum absolute atomic E-state index is 0.0675. The van der Waals surface area contributed by atoms with Crippen LogP contribution in [0.25, 0.3) is 0 Å². The van der Waals surface area contributed by atoms with Crippen LogP contribution in [-0.2, 0) is 9.59 Å². The van der Waals surface area contributed by atoms with Gasteiger partial charge in [-0.05, 0) is 6.42 Å². The zero-order valence-electron chi connectivity index (χ0n) is 12.0. The predicted octanol–water partition coefficient (Wildman–Crippen LogP) is 2.59. The van der Waals surface area contributed by atoms with Crippen LogP contribution < -0.4 is 10.6 Å². The molecule has 0 aromatic rings. The molecule has 0 radical (unpaired) electrons. The summed E-state index contributed by atoms with van der Waals surface area (Å²) in [6, 6.07) is 0. The molecule has 0 heterocycles. The molecule has 0 saturated heterocycles. The van der Waals surface area contributed by atoms with Crippen LogP contribution in [0.4, 0.5) is 0 Å². The third-order valence-electron chi connectivity index (χ3n) is 2.54. The summed E-state index contributed by atoms with van der Waals surface area (Å²) in [7, 11) is 4.95. The van der Waals surface area contributed by atoms with Gasteiger partial charge in [0.05, 0.1) is 0 Å². The molecular weight excluding hydrogens is 280 g/mol. The molecule has 0 aliphatic rings. The van der Waals surface area contributed by atoms with E-state index in [4.69, 9.17) is 0 Å². The van der Waals surface area contributed by atoms with E-state index in [1.165, 1.54) is 19.3 Å². The summed E-state index contributed by atoms with van der Waals surface area (Å²) >= 11 is 0. The Balaban J connectivity index is 3.22.